The van der Waals surface area contributed by atoms with Crippen molar-refractivity contribution in [2.45, 2.75) is 0 Å². The molecule has 0 spiro atoms. The molecule has 1 heterocycles. The van der Waals surface area contributed by atoms with Crippen molar-refractivity contribution in [2.75, 3.05) is 19.2 Å². The van der Waals surface area contributed by atoms with Crippen LogP contribution in [-0.4, -0.2) is 24.9 Å². The topological polar surface area (TPSA) is 63.2 Å². The molecule has 0 radical (unpaired) electrons. The number of hydrogen-bond acceptors (Lipinski definition) is 3. The Hall–Kier alpha value is -1.62. The van der Waals surface area contributed by atoms with E-state index in [9.17, 15) is 4.79 Å². The van der Waals surface area contributed by atoms with Crippen molar-refractivity contribution in [3.63, 3.8) is 0 Å². The molecule has 1 rings (SSSR count). The van der Waals surface area contributed by atoms with Gasteiger partial charge in [-0.3, -0.25) is 4.98 Å². The second-order valence-corrected chi connectivity index (χ2v) is 2.31. The van der Waals surface area contributed by atoms with Gasteiger partial charge in [0, 0.05) is 13.3 Å². The molecule has 0 fully saturated rings. The highest BCUT2D eigenvalue weighted by atomic mass is 16.5. The third-order valence-corrected chi connectivity index (χ3v) is 1.30. The van der Waals surface area contributed by atoms with Crippen LogP contribution in [0.3, 0.4) is 0 Å². The fourth-order valence-corrected chi connectivity index (χ4v) is 0.750. The van der Waals surface area contributed by atoms with Gasteiger partial charge >= 0.3 is 6.03 Å². The van der Waals surface area contributed by atoms with Crippen LogP contribution in [0.1, 0.15) is 0 Å². The van der Waals surface area contributed by atoms with Crippen LogP contribution >= 0.6 is 0 Å². The van der Waals surface area contributed by atoms with E-state index in [1.807, 2.05) is 0 Å². The number of rotatable bonds is 3. The number of anilines is 1. The van der Waals surface area contributed by atoms with Crippen LogP contribution in [0.5, 0.6) is 0 Å². The quantitative estimate of drug-likeness (QED) is 0.678. The average molecular weight is 181 g/mol. The average Bonchev–Trinajstić information content (AvgIpc) is 2.16. The van der Waals surface area contributed by atoms with Gasteiger partial charge in [-0.2, -0.15) is 0 Å². The van der Waals surface area contributed by atoms with E-state index in [1.54, 1.807) is 24.5 Å². The molecule has 70 valence electrons. The van der Waals surface area contributed by atoms with Gasteiger partial charge in [0.05, 0.1) is 11.9 Å². The molecule has 0 unspecified atom stereocenters. The molecule has 2 amide bonds. The maximum absolute atomic E-state index is 11.0. The standard InChI is InChI=1S/C8H11N3O2/c1-13-6-10-8(12)11-7-3-2-4-9-5-7/h2-5H,6H2,1H3,(H2,10,11,12). The number of amides is 2. The highest BCUT2D eigenvalue weighted by Crippen LogP contribution is 2.01. The van der Waals surface area contributed by atoms with Gasteiger partial charge in [0.1, 0.15) is 6.73 Å². The first-order valence-corrected chi connectivity index (χ1v) is 3.77. The van der Waals surface area contributed by atoms with Gasteiger partial charge in [0.2, 0.25) is 0 Å². The van der Waals surface area contributed by atoms with Gasteiger partial charge in [-0.15, -0.1) is 0 Å². The number of aromatic nitrogens is 1. The third-order valence-electron chi connectivity index (χ3n) is 1.30. The van der Waals surface area contributed by atoms with E-state index in [-0.39, 0.29) is 12.8 Å². The summed E-state index contributed by atoms with van der Waals surface area (Å²) < 4.78 is 4.66. The van der Waals surface area contributed by atoms with Crippen LogP contribution in [0, 0.1) is 0 Å². The summed E-state index contributed by atoms with van der Waals surface area (Å²) >= 11 is 0. The highest BCUT2D eigenvalue weighted by molar-refractivity contribution is 5.88. The van der Waals surface area contributed by atoms with Crippen molar-refractivity contribution in [1.29, 1.82) is 0 Å². The Morgan fingerprint density at radius 1 is 1.69 bits per heavy atom. The molecule has 0 saturated heterocycles. The molecule has 13 heavy (non-hydrogen) atoms. The smallest absolute Gasteiger partial charge is 0.321 e. The number of methoxy groups -OCH3 is 1. The summed E-state index contributed by atoms with van der Waals surface area (Å²) in [6.07, 6.45) is 3.20. The Labute approximate surface area is 76.1 Å². The summed E-state index contributed by atoms with van der Waals surface area (Å²) in [4.78, 5) is 14.9. The number of carbonyl (C=O) groups excluding carboxylic acids is 1. The molecule has 2 N–H and O–H groups in total. The zero-order valence-corrected chi connectivity index (χ0v) is 7.28. The van der Waals surface area contributed by atoms with E-state index in [4.69, 9.17) is 0 Å². The first-order chi connectivity index (χ1) is 6.33. The number of hydrogen-bond donors (Lipinski definition) is 2. The second kappa shape index (κ2) is 5.10. The predicted molar refractivity (Wildman–Crippen MR) is 48.3 cm³/mol. The Morgan fingerprint density at radius 2 is 2.54 bits per heavy atom. The fourth-order valence-electron chi connectivity index (χ4n) is 0.750. The lowest BCUT2D eigenvalue weighted by atomic mass is 10.4. The van der Waals surface area contributed by atoms with Gasteiger partial charge < -0.3 is 15.4 Å². The number of nitrogens with zero attached hydrogens (tertiary/aromatic N) is 1. The largest absolute Gasteiger partial charge is 0.364 e. The normalized spacial score (nSPS) is 9.31. The minimum absolute atomic E-state index is 0.187. The van der Waals surface area contributed by atoms with E-state index in [0.717, 1.165) is 0 Å². The summed E-state index contributed by atoms with van der Waals surface area (Å²) in [7, 11) is 1.50. The van der Waals surface area contributed by atoms with Crippen molar-refractivity contribution >= 4 is 11.7 Å². The van der Waals surface area contributed by atoms with Crippen LogP contribution in [0.15, 0.2) is 24.5 Å². The Bertz CT molecular complexity index is 263. The van der Waals surface area contributed by atoms with E-state index in [2.05, 4.69) is 20.4 Å². The Morgan fingerprint density at radius 3 is 3.15 bits per heavy atom. The molecule has 5 nitrogen and oxygen atoms in total. The molecule has 0 atom stereocenters. The van der Waals surface area contributed by atoms with Gasteiger partial charge in [-0.1, -0.05) is 0 Å². The van der Waals surface area contributed by atoms with E-state index >= 15 is 0 Å². The first-order valence-electron chi connectivity index (χ1n) is 3.77. The van der Waals surface area contributed by atoms with Gasteiger partial charge in [-0.25, -0.2) is 4.79 Å². The van der Waals surface area contributed by atoms with Crippen LogP contribution < -0.4 is 10.6 Å². The molecule has 1 aromatic heterocycles. The van der Waals surface area contributed by atoms with Crippen molar-refractivity contribution in [2.24, 2.45) is 0 Å². The SMILES string of the molecule is COCNC(=O)Nc1cccnc1. The lowest BCUT2D eigenvalue weighted by molar-refractivity contribution is 0.177. The van der Waals surface area contributed by atoms with Crippen molar-refractivity contribution in [3.05, 3.63) is 24.5 Å². The van der Waals surface area contributed by atoms with Crippen molar-refractivity contribution < 1.29 is 9.53 Å². The summed E-state index contributed by atoms with van der Waals surface area (Å²) in [5.74, 6) is 0. The lowest BCUT2D eigenvalue weighted by Crippen LogP contribution is -2.30. The monoisotopic (exact) mass is 181 g/mol. The van der Waals surface area contributed by atoms with Crippen molar-refractivity contribution in [3.8, 4) is 0 Å². The molecule has 0 bridgehead atoms. The summed E-state index contributed by atoms with van der Waals surface area (Å²) in [6, 6.07) is 3.18. The minimum atomic E-state index is -0.310. The zero-order valence-electron chi connectivity index (χ0n) is 7.28. The molecule has 0 saturated carbocycles. The van der Waals surface area contributed by atoms with Crippen LogP contribution in [0.25, 0.3) is 0 Å². The second-order valence-electron chi connectivity index (χ2n) is 2.31. The van der Waals surface area contributed by atoms with Crippen LogP contribution in [0.2, 0.25) is 0 Å². The number of urea groups is 1. The number of ether oxygens (including phenoxy) is 1. The van der Waals surface area contributed by atoms with E-state index < -0.39 is 0 Å². The minimum Gasteiger partial charge on any atom is -0.364 e. The van der Waals surface area contributed by atoms with E-state index in [1.165, 1.54) is 7.11 Å². The Balaban J connectivity index is 2.37. The van der Waals surface area contributed by atoms with Crippen LogP contribution in [-0.2, 0) is 4.74 Å². The lowest BCUT2D eigenvalue weighted by Gasteiger charge is -2.05. The summed E-state index contributed by atoms with van der Waals surface area (Å²) in [5.41, 5.74) is 0.649. The van der Waals surface area contributed by atoms with Gasteiger partial charge in [0.25, 0.3) is 0 Å². The molecule has 5 heteroatoms. The highest BCUT2D eigenvalue weighted by Gasteiger charge is 1.98. The maximum atomic E-state index is 11.0. The molecular formula is C8H11N3O2. The summed E-state index contributed by atoms with van der Waals surface area (Å²) in [6.45, 7) is 0.187. The van der Waals surface area contributed by atoms with Gasteiger partial charge in [0.15, 0.2) is 0 Å². The molecule has 0 aliphatic carbocycles. The molecule has 1 aromatic rings. The molecule has 0 aromatic carbocycles. The van der Waals surface area contributed by atoms with Crippen molar-refractivity contribution in [1.82, 2.24) is 10.3 Å². The number of nitrogens with one attached hydrogen (secondary N) is 2. The fraction of sp³-hybridized carbons (Fsp3) is 0.250. The van der Waals surface area contributed by atoms with Gasteiger partial charge in [-0.05, 0) is 12.1 Å². The first kappa shape index (κ1) is 9.47. The maximum Gasteiger partial charge on any atom is 0.321 e. The third kappa shape index (κ3) is 3.53. The molecular weight excluding hydrogens is 170 g/mol. The predicted octanol–water partition coefficient (Wildman–Crippen LogP) is 0.807. The zero-order chi connectivity index (χ0) is 9.52. The molecule has 0 aliphatic heterocycles. The summed E-state index contributed by atoms with van der Waals surface area (Å²) in [5, 5.41) is 5.06. The number of pyridine rings is 1. The Kier molecular flexibility index (Phi) is 3.72. The molecule has 0 aliphatic rings. The number of carbonyl (C=O) groups is 1. The van der Waals surface area contributed by atoms with E-state index in [0.29, 0.717) is 5.69 Å². The van der Waals surface area contributed by atoms with Crippen LogP contribution in [0.4, 0.5) is 10.5 Å².